The van der Waals surface area contributed by atoms with Crippen molar-refractivity contribution in [2.75, 3.05) is 0 Å². The van der Waals surface area contributed by atoms with Gasteiger partial charge in [0.15, 0.2) is 0 Å². The van der Waals surface area contributed by atoms with Crippen molar-refractivity contribution >= 4 is 28.9 Å². The minimum absolute atomic E-state index is 1.01. The van der Waals surface area contributed by atoms with Crippen LogP contribution < -0.4 is 0 Å². The summed E-state index contributed by atoms with van der Waals surface area (Å²) in [4.78, 5) is 21.1. The van der Waals surface area contributed by atoms with Crippen molar-refractivity contribution in [3.63, 3.8) is 0 Å². The molecule has 47 heavy (non-hydrogen) atoms. The summed E-state index contributed by atoms with van der Waals surface area (Å²) in [6, 6.07) is 6.71. The number of hydrogen-bond acceptors (Lipinski definition) is 2. The van der Waals surface area contributed by atoms with E-state index >= 15 is 0 Å². The molecule has 0 aromatic heterocycles. The molecule has 1 rings (SSSR count). The Morgan fingerprint density at radius 1 is 0.447 bits per heavy atom. The SMILES string of the molecule is CCCCCCCCCCCCCCCCCCc1ccc(CCCCCCCCCCCCCCCCCC)c(SP(O)(O)=S)c1. The summed E-state index contributed by atoms with van der Waals surface area (Å²) in [5.74, 6) is 0. The molecule has 0 aliphatic rings. The molecule has 0 bridgehead atoms. The Labute approximate surface area is 303 Å². The number of benzene rings is 1. The molecule has 0 amide bonds. The number of aryl methyl sites for hydroxylation is 2. The predicted octanol–water partition coefficient (Wildman–Crippen LogP) is 15.6. The van der Waals surface area contributed by atoms with Crippen LogP contribution in [0, 0.1) is 0 Å². The zero-order valence-electron chi connectivity index (χ0n) is 31.4. The molecular formula is C42H79O2PS2. The van der Waals surface area contributed by atoms with Crippen molar-refractivity contribution in [1.82, 2.24) is 0 Å². The van der Waals surface area contributed by atoms with Gasteiger partial charge in [0.25, 0.3) is 0 Å². The number of rotatable bonds is 36. The summed E-state index contributed by atoms with van der Waals surface area (Å²) in [6.45, 7) is 4.59. The lowest BCUT2D eigenvalue weighted by Gasteiger charge is -2.14. The van der Waals surface area contributed by atoms with Gasteiger partial charge in [-0.2, -0.15) is 0 Å². The molecule has 0 unspecified atom stereocenters. The molecule has 1 aromatic carbocycles. The maximum Gasteiger partial charge on any atom is 0.246 e. The third-order valence-electron chi connectivity index (χ3n) is 9.97. The van der Waals surface area contributed by atoms with Crippen LogP contribution in [0.25, 0.3) is 0 Å². The summed E-state index contributed by atoms with van der Waals surface area (Å²) in [5.41, 5.74) is -0.764. The molecule has 1 aromatic rings. The normalized spacial score (nSPS) is 11.9. The molecular weight excluding hydrogens is 632 g/mol. The molecule has 0 aliphatic carbocycles. The van der Waals surface area contributed by atoms with Crippen molar-refractivity contribution in [3.05, 3.63) is 29.3 Å². The Kier molecular flexibility index (Phi) is 32.0. The van der Waals surface area contributed by atoms with Crippen LogP contribution in [-0.2, 0) is 24.6 Å². The van der Waals surface area contributed by atoms with E-state index in [1.54, 1.807) is 0 Å². The van der Waals surface area contributed by atoms with E-state index in [4.69, 9.17) is 11.8 Å². The van der Waals surface area contributed by atoms with Gasteiger partial charge in [0.05, 0.1) is 0 Å². The first-order chi connectivity index (χ1) is 23.0. The van der Waals surface area contributed by atoms with E-state index in [-0.39, 0.29) is 0 Å². The highest BCUT2D eigenvalue weighted by atomic mass is 32.9. The summed E-state index contributed by atoms with van der Waals surface area (Å²) >= 11 is 6.15. The van der Waals surface area contributed by atoms with Gasteiger partial charge < -0.3 is 9.79 Å². The summed E-state index contributed by atoms with van der Waals surface area (Å²) in [5, 5.41) is 0. The lowest BCUT2D eigenvalue weighted by atomic mass is 10.00. The molecule has 0 heterocycles. The second-order valence-electron chi connectivity index (χ2n) is 14.6. The Hall–Kier alpha value is 0.140. The van der Waals surface area contributed by atoms with Gasteiger partial charge in [-0.3, -0.25) is 0 Å². The molecule has 276 valence electrons. The minimum atomic E-state index is -3.32. The predicted molar refractivity (Wildman–Crippen MR) is 218 cm³/mol. The fraction of sp³-hybridized carbons (Fsp3) is 0.857. The molecule has 0 atom stereocenters. The van der Waals surface area contributed by atoms with Gasteiger partial charge in [0, 0.05) is 4.90 Å². The quantitative estimate of drug-likeness (QED) is 0.0537. The third-order valence-corrected chi connectivity index (χ3v) is 12.8. The molecule has 0 radical (unpaired) electrons. The fourth-order valence-electron chi connectivity index (χ4n) is 6.91. The van der Waals surface area contributed by atoms with Crippen LogP contribution in [0.5, 0.6) is 0 Å². The smallest absolute Gasteiger partial charge is 0.246 e. The number of hydrogen-bond donors (Lipinski definition) is 2. The Morgan fingerprint density at radius 2 is 0.745 bits per heavy atom. The van der Waals surface area contributed by atoms with Crippen LogP contribution in [-0.4, -0.2) is 9.79 Å². The van der Waals surface area contributed by atoms with Crippen LogP contribution >= 0.6 is 17.1 Å². The maximum atomic E-state index is 10.1. The summed E-state index contributed by atoms with van der Waals surface area (Å²) < 4.78 is 0. The van der Waals surface area contributed by atoms with Crippen LogP contribution in [0.15, 0.2) is 23.1 Å². The zero-order valence-corrected chi connectivity index (χ0v) is 34.0. The lowest BCUT2D eigenvalue weighted by Crippen LogP contribution is -1.94. The molecule has 0 saturated heterocycles. The topological polar surface area (TPSA) is 40.5 Å². The zero-order chi connectivity index (χ0) is 34.1. The molecule has 5 heteroatoms. The standard InChI is InChI=1S/C42H79O2PS2/c1-3-5-7-9-11-13-15-17-19-21-23-25-27-29-31-33-35-40-37-38-41(42(39-40)47-45(43,44)46)36-34-32-30-28-26-24-22-20-18-16-14-12-10-8-6-4-2/h37-39H,3-36H2,1-2H3,(H2,43,44,46). The highest BCUT2D eigenvalue weighted by molar-refractivity contribution is 8.67. The summed E-state index contributed by atoms with van der Waals surface area (Å²) in [6.07, 6.45) is 46.5. The third kappa shape index (κ3) is 30.7. The van der Waals surface area contributed by atoms with Crippen LogP contribution in [0.3, 0.4) is 0 Å². The highest BCUT2D eigenvalue weighted by Crippen LogP contribution is 2.56. The molecule has 2 nitrogen and oxygen atoms in total. The Bertz CT molecular complexity index is 855. The molecule has 0 spiro atoms. The fourth-order valence-corrected chi connectivity index (χ4v) is 9.66. The second kappa shape index (κ2) is 33.3. The Balaban J connectivity index is 2.10. The highest BCUT2D eigenvalue weighted by Gasteiger charge is 2.14. The van der Waals surface area contributed by atoms with Crippen molar-refractivity contribution in [3.8, 4) is 0 Å². The van der Waals surface area contributed by atoms with Crippen LogP contribution in [0.4, 0.5) is 0 Å². The van der Waals surface area contributed by atoms with E-state index in [1.165, 1.54) is 217 Å². The average molecular weight is 711 g/mol. The molecule has 0 aliphatic heterocycles. The maximum absolute atomic E-state index is 10.1. The minimum Gasteiger partial charge on any atom is -0.337 e. The van der Waals surface area contributed by atoms with Gasteiger partial charge in [-0.25, -0.2) is 0 Å². The first kappa shape index (κ1) is 45.2. The Morgan fingerprint density at radius 3 is 1.06 bits per heavy atom. The molecule has 0 fully saturated rings. The van der Waals surface area contributed by atoms with Gasteiger partial charge in [-0.1, -0.05) is 219 Å². The van der Waals surface area contributed by atoms with Crippen molar-refractivity contribution < 1.29 is 9.79 Å². The lowest BCUT2D eigenvalue weighted by molar-refractivity contribution is 0.502. The van der Waals surface area contributed by atoms with Crippen molar-refractivity contribution in [2.45, 2.75) is 237 Å². The second-order valence-corrected chi connectivity index (χ2v) is 20.5. The van der Waals surface area contributed by atoms with Crippen LogP contribution in [0.2, 0.25) is 0 Å². The van der Waals surface area contributed by atoms with Crippen LogP contribution in [0.1, 0.15) is 230 Å². The number of unbranched alkanes of at least 4 members (excludes halogenated alkanes) is 30. The first-order valence-electron chi connectivity index (χ1n) is 20.8. The van der Waals surface area contributed by atoms with Gasteiger partial charge in [0.1, 0.15) is 0 Å². The van der Waals surface area contributed by atoms with E-state index in [0.29, 0.717) is 0 Å². The van der Waals surface area contributed by atoms with Gasteiger partial charge in [-0.15, -0.1) is 0 Å². The van der Waals surface area contributed by atoms with E-state index in [9.17, 15) is 9.79 Å². The molecule has 0 saturated carbocycles. The van der Waals surface area contributed by atoms with Gasteiger partial charge >= 0.3 is 0 Å². The van der Waals surface area contributed by atoms with E-state index in [2.05, 4.69) is 32.0 Å². The monoisotopic (exact) mass is 711 g/mol. The van der Waals surface area contributed by atoms with E-state index in [0.717, 1.165) is 29.1 Å². The largest absolute Gasteiger partial charge is 0.337 e. The summed E-state index contributed by atoms with van der Waals surface area (Å²) in [7, 11) is 0. The molecule has 2 N–H and O–H groups in total. The van der Waals surface area contributed by atoms with E-state index < -0.39 is 5.69 Å². The van der Waals surface area contributed by atoms with E-state index in [1.807, 2.05) is 0 Å². The van der Waals surface area contributed by atoms with Gasteiger partial charge in [-0.05, 0) is 66.1 Å². The van der Waals surface area contributed by atoms with Gasteiger partial charge in [0.2, 0.25) is 5.69 Å². The van der Waals surface area contributed by atoms with Crippen molar-refractivity contribution in [1.29, 1.82) is 0 Å². The van der Waals surface area contributed by atoms with Crippen molar-refractivity contribution in [2.24, 2.45) is 0 Å². The average Bonchev–Trinajstić information content (AvgIpc) is 3.04. The first-order valence-corrected chi connectivity index (χ1v) is 25.0.